The smallest absolute Gasteiger partial charge is 0.168 e. The van der Waals surface area contributed by atoms with Gasteiger partial charge in [-0.1, -0.05) is 11.6 Å². The summed E-state index contributed by atoms with van der Waals surface area (Å²) in [5.74, 6) is 2.19. The second kappa shape index (κ2) is 5.96. The third-order valence-electron chi connectivity index (χ3n) is 2.76. The zero-order valence-electron chi connectivity index (χ0n) is 11.7. The van der Waals surface area contributed by atoms with Gasteiger partial charge in [0.05, 0.1) is 21.3 Å². The first kappa shape index (κ1) is 14.4. The molecule has 0 aliphatic heterocycles. The number of methoxy groups -OCH3 is 3. The zero-order valence-corrected chi connectivity index (χ0v) is 12.5. The monoisotopic (exact) mass is 294 g/mol. The molecule has 2 aromatic rings. The van der Waals surface area contributed by atoms with Crippen LogP contribution < -0.4 is 14.2 Å². The molecule has 0 saturated carbocycles. The van der Waals surface area contributed by atoms with E-state index in [4.69, 9.17) is 25.8 Å². The Labute approximate surface area is 122 Å². The summed E-state index contributed by atoms with van der Waals surface area (Å²) in [6.45, 7) is 1.85. The van der Waals surface area contributed by atoms with Gasteiger partial charge >= 0.3 is 0 Å². The van der Waals surface area contributed by atoms with Crippen LogP contribution in [0, 0.1) is 6.92 Å². The molecule has 6 heteroatoms. The van der Waals surface area contributed by atoms with E-state index in [-0.39, 0.29) is 0 Å². The largest absolute Gasteiger partial charge is 0.496 e. The van der Waals surface area contributed by atoms with E-state index in [0.717, 1.165) is 5.69 Å². The Balaban J connectivity index is 2.70. The SMILES string of the molecule is COc1cc(OC)c(-c2nc(C)cc(Cl)n2)c(OC)c1. The van der Waals surface area contributed by atoms with E-state index in [0.29, 0.717) is 33.8 Å². The Hall–Kier alpha value is -2.01. The van der Waals surface area contributed by atoms with Gasteiger partial charge in [0.2, 0.25) is 0 Å². The summed E-state index contributed by atoms with van der Waals surface area (Å²) in [6, 6.07) is 5.18. The first-order chi connectivity index (χ1) is 9.58. The normalized spacial score (nSPS) is 10.2. The lowest BCUT2D eigenvalue weighted by molar-refractivity contribution is 0.377. The predicted octanol–water partition coefficient (Wildman–Crippen LogP) is 3.13. The molecule has 0 aliphatic rings. The van der Waals surface area contributed by atoms with Gasteiger partial charge in [0.25, 0.3) is 0 Å². The Morgan fingerprint density at radius 1 is 0.900 bits per heavy atom. The van der Waals surface area contributed by atoms with Crippen molar-refractivity contribution in [3.05, 3.63) is 29.0 Å². The highest BCUT2D eigenvalue weighted by Gasteiger charge is 2.18. The number of rotatable bonds is 4. The van der Waals surface area contributed by atoms with Gasteiger partial charge in [-0.25, -0.2) is 9.97 Å². The highest BCUT2D eigenvalue weighted by Crippen LogP contribution is 2.40. The Kier molecular flexibility index (Phi) is 4.29. The van der Waals surface area contributed by atoms with E-state index in [1.165, 1.54) is 0 Å². The molecule has 0 spiro atoms. The third kappa shape index (κ3) is 2.77. The summed E-state index contributed by atoms with van der Waals surface area (Å²) in [5.41, 5.74) is 1.40. The van der Waals surface area contributed by atoms with Crippen molar-refractivity contribution in [3.8, 4) is 28.6 Å². The molecule has 0 saturated heterocycles. The van der Waals surface area contributed by atoms with Crippen LogP contribution in [-0.2, 0) is 0 Å². The van der Waals surface area contributed by atoms with Gasteiger partial charge in [0.15, 0.2) is 5.82 Å². The minimum atomic E-state index is 0.368. The summed E-state index contributed by atoms with van der Waals surface area (Å²) in [7, 11) is 4.71. The van der Waals surface area contributed by atoms with Gasteiger partial charge in [-0.3, -0.25) is 0 Å². The fourth-order valence-electron chi connectivity index (χ4n) is 1.87. The van der Waals surface area contributed by atoms with Gasteiger partial charge in [0, 0.05) is 17.8 Å². The molecule has 5 nitrogen and oxygen atoms in total. The molecule has 0 fully saturated rings. The first-order valence-corrected chi connectivity index (χ1v) is 6.28. The average Bonchev–Trinajstić information content (AvgIpc) is 2.44. The minimum Gasteiger partial charge on any atom is -0.496 e. The molecule has 0 aliphatic carbocycles. The second-order valence-electron chi connectivity index (χ2n) is 4.06. The lowest BCUT2D eigenvalue weighted by Crippen LogP contribution is -1.99. The van der Waals surface area contributed by atoms with Gasteiger partial charge in [-0.2, -0.15) is 0 Å². The molecule has 0 unspecified atom stereocenters. The van der Waals surface area contributed by atoms with Crippen molar-refractivity contribution in [2.24, 2.45) is 0 Å². The topological polar surface area (TPSA) is 53.5 Å². The number of hydrogen-bond acceptors (Lipinski definition) is 5. The van der Waals surface area contributed by atoms with Crippen LogP contribution in [0.4, 0.5) is 0 Å². The standard InChI is InChI=1S/C14H15ClN2O3/c1-8-5-12(15)17-14(16-8)13-10(19-3)6-9(18-2)7-11(13)20-4/h5-7H,1-4H3. The van der Waals surface area contributed by atoms with Gasteiger partial charge in [-0.05, 0) is 13.0 Å². The van der Waals surface area contributed by atoms with Crippen LogP contribution in [0.2, 0.25) is 5.15 Å². The molecule has 1 heterocycles. The maximum Gasteiger partial charge on any atom is 0.168 e. The first-order valence-electron chi connectivity index (χ1n) is 5.90. The van der Waals surface area contributed by atoms with Crippen molar-refractivity contribution in [1.29, 1.82) is 0 Å². The average molecular weight is 295 g/mol. The zero-order chi connectivity index (χ0) is 14.7. The minimum absolute atomic E-state index is 0.368. The number of benzene rings is 1. The van der Waals surface area contributed by atoms with E-state index in [1.54, 1.807) is 39.5 Å². The van der Waals surface area contributed by atoms with Gasteiger partial charge in [-0.15, -0.1) is 0 Å². The molecule has 0 amide bonds. The molecule has 1 aromatic heterocycles. The fraction of sp³-hybridized carbons (Fsp3) is 0.286. The number of ether oxygens (including phenoxy) is 3. The summed E-state index contributed by atoms with van der Waals surface area (Å²) in [4.78, 5) is 8.61. The molecule has 1 aromatic carbocycles. The van der Waals surface area contributed by atoms with E-state index >= 15 is 0 Å². The van der Waals surface area contributed by atoms with Crippen molar-refractivity contribution < 1.29 is 14.2 Å². The van der Waals surface area contributed by atoms with Crippen LogP contribution in [0.3, 0.4) is 0 Å². The molecule has 0 atom stereocenters. The molecule has 0 N–H and O–H groups in total. The highest BCUT2D eigenvalue weighted by atomic mass is 35.5. The van der Waals surface area contributed by atoms with E-state index in [2.05, 4.69) is 9.97 Å². The summed E-state index contributed by atoms with van der Waals surface area (Å²) >= 11 is 5.99. The fourth-order valence-corrected chi connectivity index (χ4v) is 2.11. The summed E-state index contributed by atoms with van der Waals surface area (Å²) < 4.78 is 16.0. The molecule has 0 radical (unpaired) electrons. The van der Waals surface area contributed by atoms with Crippen LogP contribution in [-0.4, -0.2) is 31.3 Å². The maximum absolute atomic E-state index is 5.99. The molecular formula is C14H15ClN2O3. The third-order valence-corrected chi connectivity index (χ3v) is 2.96. The van der Waals surface area contributed by atoms with E-state index in [9.17, 15) is 0 Å². The quantitative estimate of drug-likeness (QED) is 0.811. The van der Waals surface area contributed by atoms with Crippen LogP contribution in [0.5, 0.6) is 17.2 Å². The lowest BCUT2D eigenvalue weighted by Gasteiger charge is -2.14. The van der Waals surface area contributed by atoms with Crippen LogP contribution in [0.1, 0.15) is 5.69 Å². The summed E-state index contributed by atoms with van der Waals surface area (Å²) in [6.07, 6.45) is 0. The predicted molar refractivity (Wildman–Crippen MR) is 76.9 cm³/mol. The van der Waals surface area contributed by atoms with E-state index < -0.39 is 0 Å². The molecule has 106 valence electrons. The Bertz CT molecular complexity index is 587. The lowest BCUT2D eigenvalue weighted by atomic mass is 10.1. The number of nitrogens with zero attached hydrogens (tertiary/aromatic N) is 2. The number of halogens is 1. The van der Waals surface area contributed by atoms with E-state index in [1.807, 2.05) is 6.92 Å². The number of aryl methyl sites for hydroxylation is 1. The van der Waals surface area contributed by atoms with Gasteiger partial charge in [0.1, 0.15) is 28.0 Å². The van der Waals surface area contributed by atoms with Crippen LogP contribution >= 0.6 is 11.6 Å². The van der Waals surface area contributed by atoms with Crippen molar-refractivity contribution in [2.75, 3.05) is 21.3 Å². The molecule has 2 rings (SSSR count). The molecule has 0 bridgehead atoms. The van der Waals surface area contributed by atoms with Crippen molar-refractivity contribution >= 4 is 11.6 Å². The van der Waals surface area contributed by atoms with Crippen molar-refractivity contribution in [2.45, 2.75) is 6.92 Å². The van der Waals surface area contributed by atoms with Crippen LogP contribution in [0.25, 0.3) is 11.4 Å². The Morgan fingerprint density at radius 2 is 1.50 bits per heavy atom. The number of aromatic nitrogens is 2. The molecule has 20 heavy (non-hydrogen) atoms. The Morgan fingerprint density at radius 3 is 1.95 bits per heavy atom. The van der Waals surface area contributed by atoms with Crippen LogP contribution in [0.15, 0.2) is 18.2 Å². The van der Waals surface area contributed by atoms with Gasteiger partial charge < -0.3 is 14.2 Å². The van der Waals surface area contributed by atoms with Crippen molar-refractivity contribution in [1.82, 2.24) is 9.97 Å². The summed E-state index contributed by atoms with van der Waals surface area (Å²) in [5, 5.41) is 0.368. The highest BCUT2D eigenvalue weighted by molar-refractivity contribution is 6.29. The molecular weight excluding hydrogens is 280 g/mol. The van der Waals surface area contributed by atoms with Crippen molar-refractivity contribution in [3.63, 3.8) is 0 Å². The number of hydrogen-bond donors (Lipinski definition) is 0. The maximum atomic E-state index is 5.99. The second-order valence-corrected chi connectivity index (χ2v) is 4.45.